The second kappa shape index (κ2) is 7.81. The monoisotopic (exact) mass is 291 g/mol. The SMILES string of the molecule is Cc1cc(C)c(C)c(OCC(O)CN2CCCCCC2)c1. The van der Waals surface area contributed by atoms with E-state index in [9.17, 15) is 5.11 Å². The zero-order valence-electron chi connectivity index (χ0n) is 13.7. The Bertz CT molecular complexity index is 451. The molecule has 0 saturated carbocycles. The van der Waals surface area contributed by atoms with Crippen LogP contribution in [0.15, 0.2) is 12.1 Å². The Morgan fingerprint density at radius 2 is 1.76 bits per heavy atom. The number of aliphatic hydroxyl groups excluding tert-OH is 1. The van der Waals surface area contributed by atoms with E-state index in [1.54, 1.807) is 0 Å². The molecule has 0 aliphatic carbocycles. The lowest BCUT2D eigenvalue weighted by molar-refractivity contribution is 0.0691. The lowest BCUT2D eigenvalue weighted by Gasteiger charge is -2.23. The molecule has 0 radical (unpaired) electrons. The summed E-state index contributed by atoms with van der Waals surface area (Å²) in [6, 6.07) is 4.22. The minimum absolute atomic E-state index is 0.375. The first kappa shape index (κ1) is 16.3. The second-order valence-electron chi connectivity index (χ2n) is 6.38. The van der Waals surface area contributed by atoms with E-state index >= 15 is 0 Å². The Labute approximate surface area is 128 Å². The van der Waals surface area contributed by atoms with Gasteiger partial charge in [0, 0.05) is 6.54 Å². The minimum atomic E-state index is -0.414. The summed E-state index contributed by atoms with van der Waals surface area (Å²) in [7, 11) is 0. The van der Waals surface area contributed by atoms with E-state index in [0.29, 0.717) is 6.61 Å². The summed E-state index contributed by atoms with van der Waals surface area (Å²) in [6.07, 6.45) is 4.74. The Hall–Kier alpha value is -1.06. The topological polar surface area (TPSA) is 32.7 Å². The molecular weight excluding hydrogens is 262 g/mol. The molecule has 1 saturated heterocycles. The zero-order valence-corrected chi connectivity index (χ0v) is 13.7. The Morgan fingerprint density at radius 1 is 1.10 bits per heavy atom. The molecule has 1 atom stereocenters. The van der Waals surface area contributed by atoms with Gasteiger partial charge >= 0.3 is 0 Å². The quantitative estimate of drug-likeness (QED) is 0.904. The summed E-state index contributed by atoms with van der Waals surface area (Å²) in [4.78, 5) is 2.37. The van der Waals surface area contributed by atoms with Gasteiger partial charge in [0.2, 0.25) is 0 Å². The average molecular weight is 291 g/mol. The molecule has 1 aliphatic heterocycles. The van der Waals surface area contributed by atoms with Gasteiger partial charge in [-0.15, -0.1) is 0 Å². The molecule has 1 heterocycles. The van der Waals surface area contributed by atoms with Gasteiger partial charge in [0.15, 0.2) is 0 Å². The first-order valence-corrected chi connectivity index (χ1v) is 8.17. The molecule has 1 aliphatic rings. The second-order valence-corrected chi connectivity index (χ2v) is 6.38. The van der Waals surface area contributed by atoms with E-state index in [4.69, 9.17) is 4.74 Å². The average Bonchev–Trinajstić information content (AvgIpc) is 2.70. The van der Waals surface area contributed by atoms with Crippen LogP contribution in [0.3, 0.4) is 0 Å². The maximum Gasteiger partial charge on any atom is 0.122 e. The minimum Gasteiger partial charge on any atom is -0.491 e. The molecule has 1 aromatic carbocycles. The maximum absolute atomic E-state index is 10.2. The number of likely N-dealkylation sites (tertiary alicyclic amines) is 1. The van der Waals surface area contributed by atoms with Gasteiger partial charge in [-0.2, -0.15) is 0 Å². The van der Waals surface area contributed by atoms with Gasteiger partial charge in [0.05, 0.1) is 0 Å². The van der Waals surface area contributed by atoms with Gasteiger partial charge < -0.3 is 14.7 Å². The zero-order chi connectivity index (χ0) is 15.2. The van der Waals surface area contributed by atoms with Gasteiger partial charge in [0.1, 0.15) is 18.5 Å². The first-order chi connectivity index (χ1) is 10.1. The molecule has 0 amide bonds. The highest BCUT2D eigenvalue weighted by atomic mass is 16.5. The lowest BCUT2D eigenvalue weighted by atomic mass is 10.1. The molecule has 0 spiro atoms. The van der Waals surface area contributed by atoms with Crippen LogP contribution in [0, 0.1) is 20.8 Å². The van der Waals surface area contributed by atoms with Crippen molar-refractivity contribution in [3.8, 4) is 5.75 Å². The van der Waals surface area contributed by atoms with Crippen molar-refractivity contribution in [2.24, 2.45) is 0 Å². The number of β-amino-alcohol motifs (C(OH)–C–C–N with tert-alkyl or cyclic N) is 1. The van der Waals surface area contributed by atoms with Crippen molar-refractivity contribution in [3.63, 3.8) is 0 Å². The molecule has 1 aromatic rings. The lowest BCUT2D eigenvalue weighted by Crippen LogP contribution is -2.36. The van der Waals surface area contributed by atoms with Crippen LogP contribution in [0.25, 0.3) is 0 Å². The van der Waals surface area contributed by atoms with Crippen molar-refractivity contribution in [2.45, 2.75) is 52.6 Å². The summed E-state index contributed by atoms with van der Waals surface area (Å²) in [5.41, 5.74) is 3.62. The van der Waals surface area contributed by atoms with Gasteiger partial charge in [-0.25, -0.2) is 0 Å². The van der Waals surface area contributed by atoms with Crippen molar-refractivity contribution < 1.29 is 9.84 Å². The third kappa shape index (κ3) is 5.01. The van der Waals surface area contributed by atoms with Crippen LogP contribution in [-0.2, 0) is 0 Å². The van der Waals surface area contributed by atoms with Gasteiger partial charge in [-0.05, 0) is 69.5 Å². The molecule has 21 heavy (non-hydrogen) atoms. The highest BCUT2D eigenvalue weighted by Gasteiger charge is 2.15. The Balaban J connectivity index is 1.84. The molecule has 2 rings (SSSR count). The van der Waals surface area contributed by atoms with Crippen LogP contribution in [0.4, 0.5) is 0 Å². The fraction of sp³-hybridized carbons (Fsp3) is 0.667. The molecule has 118 valence electrons. The van der Waals surface area contributed by atoms with Gasteiger partial charge in [-0.1, -0.05) is 18.9 Å². The number of rotatable bonds is 5. The van der Waals surface area contributed by atoms with Crippen LogP contribution < -0.4 is 4.74 Å². The van der Waals surface area contributed by atoms with E-state index in [0.717, 1.165) is 25.4 Å². The maximum atomic E-state index is 10.2. The normalized spacial score (nSPS) is 18.3. The number of hydrogen-bond donors (Lipinski definition) is 1. The molecule has 1 N–H and O–H groups in total. The smallest absolute Gasteiger partial charge is 0.122 e. The van der Waals surface area contributed by atoms with Crippen molar-refractivity contribution in [1.29, 1.82) is 0 Å². The van der Waals surface area contributed by atoms with Crippen LogP contribution in [0.2, 0.25) is 0 Å². The number of benzene rings is 1. The number of nitrogens with zero attached hydrogens (tertiary/aromatic N) is 1. The third-order valence-corrected chi connectivity index (χ3v) is 4.36. The number of ether oxygens (including phenoxy) is 1. The number of hydrogen-bond acceptors (Lipinski definition) is 3. The number of aryl methyl sites for hydroxylation is 2. The van der Waals surface area contributed by atoms with E-state index in [1.807, 2.05) is 0 Å². The van der Waals surface area contributed by atoms with Crippen molar-refractivity contribution in [2.75, 3.05) is 26.2 Å². The van der Waals surface area contributed by atoms with Crippen LogP contribution in [-0.4, -0.2) is 42.4 Å². The summed E-state index contributed by atoms with van der Waals surface area (Å²) in [5, 5.41) is 10.2. The molecular formula is C18H29NO2. The summed E-state index contributed by atoms with van der Waals surface area (Å²) < 4.78 is 5.86. The van der Waals surface area contributed by atoms with Gasteiger partial charge in [0.25, 0.3) is 0 Å². The standard InChI is InChI=1S/C18H29NO2/c1-14-10-15(2)16(3)18(11-14)21-13-17(20)12-19-8-6-4-5-7-9-19/h10-11,17,20H,4-9,12-13H2,1-3H3. The fourth-order valence-electron chi connectivity index (χ4n) is 3.01. The van der Waals surface area contributed by atoms with E-state index < -0.39 is 6.10 Å². The summed E-state index contributed by atoms with van der Waals surface area (Å²) in [6.45, 7) is 9.57. The molecule has 1 fully saturated rings. The number of aliphatic hydroxyl groups is 1. The van der Waals surface area contributed by atoms with Crippen molar-refractivity contribution >= 4 is 0 Å². The van der Waals surface area contributed by atoms with Crippen molar-refractivity contribution in [3.05, 3.63) is 28.8 Å². The Morgan fingerprint density at radius 3 is 2.43 bits per heavy atom. The van der Waals surface area contributed by atoms with Crippen LogP contribution in [0.5, 0.6) is 5.75 Å². The molecule has 0 bridgehead atoms. The van der Waals surface area contributed by atoms with E-state index in [-0.39, 0.29) is 0 Å². The highest BCUT2D eigenvalue weighted by molar-refractivity contribution is 5.41. The molecule has 0 aromatic heterocycles. The largest absolute Gasteiger partial charge is 0.491 e. The first-order valence-electron chi connectivity index (χ1n) is 8.17. The molecule has 3 heteroatoms. The fourth-order valence-corrected chi connectivity index (χ4v) is 3.01. The third-order valence-electron chi connectivity index (χ3n) is 4.36. The van der Waals surface area contributed by atoms with Crippen LogP contribution in [0.1, 0.15) is 42.4 Å². The van der Waals surface area contributed by atoms with Crippen LogP contribution >= 0.6 is 0 Å². The van der Waals surface area contributed by atoms with E-state index in [1.165, 1.54) is 42.4 Å². The molecule has 3 nitrogen and oxygen atoms in total. The van der Waals surface area contributed by atoms with Crippen molar-refractivity contribution in [1.82, 2.24) is 4.90 Å². The van der Waals surface area contributed by atoms with E-state index in [2.05, 4.69) is 37.8 Å². The summed E-state index contributed by atoms with van der Waals surface area (Å²) in [5.74, 6) is 0.905. The molecule has 1 unspecified atom stereocenters. The predicted molar refractivity (Wildman–Crippen MR) is 87.1 cm³/mol. The summed E-state index contributed by atoms with van der Waals surface area (Å²) >= 11 is 0. The predicted octanol–water partition coefficient (Wildman–Crippen LogP) is 3.23. The highest BCUT2D eigenvalue weighted by Crippen LogP contribution is 2.23. The Kier molecular flexibility index (Phi) is 6.07. The van der Waals surface area contributed by atoms with Gasteiger partial charge in [-0.3, -0.25) is 0 Å².